The summed E-state index contributed by atoms with van der Waals surface area (Å²) in [6, 6.07) is 16.5. The number of nitrogens with zero attached hydrogens (tertiary/aromatic N) is 5. The number of nitrogens with two attached hydrogens (primary N) is 1. The van der Waals surface area contributed by atoms with Crippen LogP contribution in [0.4, 0.5) is 10.7 Å². The number of anilines is 1. The van der Waals surface area contributed by atoms with Crippen LogP contribution in [0.1, 0.15) is 13.8 Å². The van der Waals surface area contributed by atoms with Crippen LogP contribution in [0, 0.1) is 0 Å². The minimum absolute atomic E-state index is 0.116. The standard InChI is InChI=1S/C24H30N6O/c1-18(2)30(23(25)31)16-13-28-11-14-29(15-12-28)24-26-10-9-22(27-24)21-8-7-19-5-3-4-6-20(19)17-21/h3-10,17-18H,11-16H2,1-2H3,(H2,25,31). The van der Waals surface area contributed by atoms with Crippen molar-refractivity contribution in [3.63, 3.8) is 0 Å². The molecule has 1 aliphatic rings. The number of rotatable bonds is 6. The van der Waals surface area contributed by atoms with Gasteiger partial charge in [0.15, 0.2) is 0 Å². The summed E-state index contributed by atoms with van der Waals surface area (Å²) in [4.78, 5) is 27.3. The van der Waals surface area contributed by atoms with Crippen molar-refractivity contribution in [1.29, 1.82) is 0 Å². The Bertz CT molecular complexity index is 1040. The first-order valence-corrected chi connectivity index (χ1v) is 10.9. The maximum Gasteiger partial charge on any atom is 0.315 e. The monoisotopic (exact) mass is 418 g/mol. The molecule has 31 heavy (non-hydrogen) atoms. The van der Waals surface area contributed by atoms with E-state index in [-0.39, 0.29) is 12.1 Å². The maximum atomic E-state index is 11.6. The molecule has 1 aliphatic heterocycles. The fourth-order valence-corrected chi connectivity index (χ4v) is 4.05. The first kappa shape index (κ1) is 21.1. The van der Waals surface area contributed by atoms with Crippen LogP contribution in [0.25, 0.3) is 22.0 Å². The van der Waals surface area contributed by atoms with Gasteiger partial charge in [0.25, 0.3) is 0 Å². The van der Waals surface area contributed by atoms with Crippen LogP contribution >= 0.6 is 0 Å². The van der Waals surface area contributed by atoms with Crippen molar-refractivity contribution in [1.82, 2.24) is 19.8 Å². The van der Waals surface area contributed by atoms with Crippen LogP contribution in [0.3, 0.4) is 0 Å². The minimum Gasteiger partial charge on any atom is -0.351 e. The molecular weight excluding hydrogens is 388 g/mol. The molecule has 4 rings (SSSR count). The fourth-order valence-electron chi connectivity index (χ4n) is 4.05. The molecular formula is C24H30N6O. The van der Waals surface area contributed by atoms with E-state index in [0.717, 1.165) is 49.9 Å². The summed E-state index contributed by atoms with van der Waals surface area (Å²) in [6.45, 7) is 9.00. The zero-order chi connectivity index (χ0) is 21.8. The topological polar surface area (TPSA) is 78.6 Å². The quantitative estimate of drug-likeness (QED) is 0.665. The van der Waals surface area contributed by atoms with Gasteiger partial charge in [-0.15, -0.1) is 0 Å². The van der Waals surface area contributed by atoms with E-state index >= 15 is 0 Å². The van der Waals surface area contributed by atoms with Crippen molar-refractivity contribution in [3.05, 3.63) is 54.7 Å². The van der Waals surface area contributed by atoms with Crippen molar-refractivity contribution >= 4 is 22.8 Å². The minimum atomic E-state index is -0.354. The second-order valence-electron chi connectivity index (χ2n) is 8.26. The van der Waals surface area contributed by atoms with Gasteiger partial charge in [-0.25, -0.2) is 14.8 Å². The average Bonchev–Trinajstić information content (AvgIpc) is 2.79. The van der Waals surface area contributed by atoms with Crippen LogP contribution in [0.15, 0.2) is 54.7 Å². The summed E-state index contributed by atoms with van der Waals surface area (Å²) in [5.74, 6) is 0.770. The Morgan fingerprint density at radius 1 is 1.06 bits per heavy atom. The van der Waals surface area contributed by atoms with Crippen LogP contribution in [0.2, 0.25) is 0 Å². The maximum absolute atomic E-state index is 11.6. The van der Waals surface area contributed by atoms with Crippen LogP contribution in [-0.2, 0) is 0 Å². The number of carbonyl (C=O) groups excluding carboxylic acids is 1. The largest absolute Gasteiger partial charge is 0.351 e. The van der Waals surface area contributed by atoms with Crippen molar-refractivity contribution in [2.24, 2.45) is 5.73 Å². The van der Waals surface area contributed by atoms with Gasteiger partial charge in [-0.3, -0.25) is 4.90 Å². The molecule has 1 saturated heterocycles. The molecule has 3 aromatic rings. The number of benzene rings is 2. The van der Waals surface area contributed by atoms with Gasteiger partial charge in [0.1, 0.15) is 0 Å². The number of fused-ring (bicyclic) bond motifs is 1. The summed E-state index contributed by atoms with van der Waals surface area (Å²) >= 11 is 0. The van der Waals surface area contributed by atoms with Gasteiger partial charge in [-0.2, -0.15) is 0 Å². The van der Waals surface area contributed by atoms with Gasteiger partial charge >= 0.3 is 6.03 Å². The van der Waals surface area contributed by atoms with E-state index in [0.29, 0.717) is 6.54 Å². The third-order valence-corrected chi connectivity index (χ3v) is 5.91. The summed E-state index contributed by atoms with van der Waals surface area (Å²) in [7, 11) is 0. The highest BCUT2D eigenvalue weighted by Crippen LogP contribution is 2.24. The Labute approximate surface area is 183 Å². The Morgan fingerprint density at radius 2 is 1.81 bits per heavy atom. The molecule has 1 aromatic heterocycles. The normalized spacial score (nSPS) is 14.9. The number of primary amides is 1. The number of piperazine rings is 1. The predicted molar refractivity (Wildman–Crippen MR) is 125 cm³/mol. The third kappa shape index (κ3) is 4.94. The lowest BCUT2D eigenvalue weighted by Crippen LogP contribution is -2.51. The highest BCUT2D eigenvalue weighted by molar-refractivity contribution is 5.86. The number of urea groups is 1. The molecule has 2 amide bonds. The van der Waals surface area contributed by atoms with Crippen molar-refractivity contribution in [2.45, 2.75) is 19.9 Å². The second-order valence-corrected chi connectivity index (χ2v) is 8.26. The number of amides is 2. The van der Waals surface area contributed by atoms with E-state index in [1.807, 2.05) is 26.1 Å². The molecule has 2 N–H and O–H groups in total. The van der Waals surface area contributed by atoms with Gasteiger partial charge < -0.3 is 15.5 Å². The van der Waals surface area contributed by atoms with E-state index in [2.05, 4.69) is 57.2 Å². The highest BCUT2D eigenvalue weighted by Gasteiger charge is 2.21. The molecule has 7 nitrogen and oxygen atoms in total. The highest BCUT2D eigenvalue weighted by atomic mass is 16.2. The van der Waals surface area contributed by atoms with Crippen LogP contribution in [0.5, 0.6) is 0 Å². The summed E-state index contributed by atoms with van der Waals surface area (Å²) in [5, 5.41) is 2.43. The zero-order valence-electron chi connectivity index (χ0n) is 18.2. The van der Waals surface area contributed by atoms with Gasteiger partial charge in [0.05, 0.1) is 5.69 Å². The molecule has 0 spiro atoms. The van der Waals surface area contributed by atoms with Gasteiger partial charge in [0.2, 0.25) is 5.95 Å². The molecule has 0 radical (unpaired) electrons. The first-order chi connectivity index (χ1) is 15.0. The molecule has 0 atom stereocenters. The lowest BCUT2D eigenvalue weighted by molar-refractivity contribution is 0.171. The molecule has 0 aliphatic carbocycles. The van der Waals surface area contributed by atoms with E-state index in [1.165, 1.54) is 10.8 Å². The number of hydrogen-bond donors (Lipinski definition) is 1. The second kappa shape index (κ2) is 9.31. The van der Waals surface area contributed by atoms with Crippen LogP contribution in [-0.4, -0.2) is 71.1 Å². The average molecular weight is 419 g/mol. The zero-order valence-corrected chi connectivity index (χ0v) is 18.2. The molecule has 2 heterocycles. The third-order valence-electron chi connectivity index (χ3n) is 5.91. The number of carbonyl (C=O) groups is 1. The summed E-state index contributed by atoms with van der Waals surface area (Å²) in [6.07, 6.45) is 1.84. The Morgan fingerprint density at radius 3 is 2.52 bits per heavy atom. The molecule has 0 bridgehead atoms. The molecule has 2 aromatic carbocycles. The van der Waals surface area contributed by atoms with Gasteiger partial charge in [0, 0.05) is 57.1 Å². The molecule has 1 fully saturated rings. The van der Waals surface area contributed by atoms with E-state index in [1.54, 1.807) is 4.90 Å². The Hall–Kier alpha value is -3.19. The SMILES string of the molecule is CC(C)N(CCN1CCN(c2nccc(-c3ccc4ccccc4c3)n2)CC1)C(N)=O. The van der Waals surface area contributed by atoms with Crippen molar-refractivity contribution < 1.29 is 4.79 Å². The Kier molecular flexibility index (Phi) is 6.32. The lowest BCUT2D eigenvalue weighted by Gasteiger charge is -2.36. The molecule has 162 valence electrons. The summed E-state index contributed by atoms with van der Waals surface area (Å²) < 4.78 is 0. The molecule has 0 unspecified atom stereocenters. The van der Waals surface area contributed by atoms with Gasteiger partial charge in [-0.05, 0) is 36.8 Å². The first-order valence-electron chi connectivity index (χ1n) is 10.9. The smallest absolute Gasteiger partial charge is 0.315 e. The van der Waals surface area contributed by atoms with Gasteiger partial charge in [-0.1, -0.05) is 36.4 Å². The van der Waals surface area contributed by atoms with Crippen LogP contribution < -0.4 is 10.6 Å². The van der Waals surface area contributed by atoms with E-state index < -0.39 is 0 Å². The fraction of sp³-hybridized carbons (Fsp3) is 0.375. The summed E-state index contributed by atoms with van der Waals surface area (Å²) in [5.41, 5.74) is 7.52. The lowest BCUT2D eigenvalue weighted by atomic mass is 10.1. The Balaban J connectivity index is 1.39. The van der Waals surface area contributed by atoms with E-state index in [9.17, 15) is 4.79 Å². The van der Waals surface area contributed by atoms with Crippen molar-refractivity contribution in [2.75, 3.05) is 44.2 Å². The van der Waals surface area contributed by atoms with Crippen molar-refractivity contribution in [3.8, 4) is 11.3 Å². The molecule has 7 heteroatoms. The van der Waals surface area contributed by atoms with E-state index in [4.69, 9.17) is 10.7 Å². The number of aromatic nitrogens is 2. The molecule has 0 saturated carbocycles. The predicted octanol–water partition coefficient (Wildman–Crippen LogP) is 3.21. The number of hydrogen-bond acceptors (Lipinski definition) is 5.